The van der Waals surface area contributed by atoms with Gasteiger partial charge in [0.15, 0.2) is 0 Å². The first-order chi connectivity index (χ1) is 11.5. The van der Waals surface area contributed by atoms with Crippen molar-refractivity contribution in [1.29, 1.82) is 0 Å². The number of carbonyl (C=O) groups is 1. The van der Waals surface area contributed by atoms with Gasteiger partial charge in [-0.05, 0) is 42.6 Å². The Hall–Kier alpha value is -2.67. The van der Waals surface area contributed by atoms with Crippen molar-refractivity contribution in [2.24, 2.45) is 7.05 Å². The highest BCUT2D eigenvalue weighted by Gasteiger charge is 2.12. The first-order valence-corrected chi connectivity index (χ1v) is 8.17. The number of carbonyl (C=O) groups excluding carboxylic acids is 1. The van der Waals surface area contributed by atoms with Crippen molar-refractivity contribution in [3.63, 3.8) is 0 Å². The minimum Gasteiger partial charge on any atom is -0.489 e. The second kappa shape index (κ2) is 6.84. The molecule has 1 amide bonds. The van der Waals surface area contributed by atoms with Crippen molar-refractivity contribution in [1.82, 2.24) is 9.78 Å². The molecule has 1 N–H and O–H groups in total. The number of aromatic nitrogens is 2. The van der Waals surface area contributed by atoms with Crippen LogP contribution >= 0.6 is 11.3 Å². The average molecular weight is 345 g/mol. The number of halogens is 1. The van der Waals surface area contributed by atoms with E-state index in [1.807, 2.05) is 18.4 Å². The SMILES string of the molecule is Cc1cc(NC(=O)c2cc(COc3ccc(F)cc3)cs2)n(C)n1. The fourth-order valence-corrected chi connectivity index (χ4v) is 2.97. The lowest BCUT2D eigenvalue weighted by molar-refractivity contribution is 0.102. The smallest absolute Gasteiger partial charge is 0.266 e. The van der Waals surface area contributed by atoms with E-state index in [0.29, 0.717) is 23.1 Å². The highest BCUT2D eigenvalue weighted by Crippen LogP contribution is 2.19. The van der Waals surface area contributed by atoms with Gasteiger partial charge in [-0.15, -0.1) is 11.3 Å². The number of benzene rings is 1. The minimum atomic E-state index is -0.303. The fourth-order valence-electron chi connectivity index (χ4n) is 2.17. The number of hydrogen-bond donors (Lipinski definition) is 1. The molecule has 0 radical (unpaired) electrons. The molecule has 24 heavy (non-hydrogen) atoms. The highest BCUT2D eigenvalue weighted by atomic mass is 32.1. The molecule has 0 bridgehead atoms. The summed E-state index contributed by atoms with van der Waals surface area (Å²) in [6, 6.07) is 9.42. The van der Waals surface area contributed by atoms with Crippen molar-refractivity contribution in [3.8, 4) is 5.75 Å². The molecule has 0 saturated carbocycles. The highest BCUT2D eigenvalue weighted by molar-refractivity contribution is 7.12. The molecular formula is C17H16FN3O2S. The summed E-state index contributed by atoms with van der Waals surface area (Å²) in [6.45, 7) is 2.19. The van der Waals surface area contributed by atoms with E-state index in [2.05, 4.69) is 10.4 Å². The van der Waals surface area contributed by atoms with Crippen LogP contribution in [-0.2, 0) is 13.7 Å². The maximum atomic E-state index is 12.8. The third kappa shape index (κ3) is 3.80. The summed E-state index contributed by atoms with van der Waals surface area (Å²) < 4.78 is 20.0. The van der Waals surface area contributed by atoms with Gasteiger partial charge in [-0.1, -0.05) is 0 Å². The molecule has 0 aliphatic rings. The van der Waals surface area contributed by atoms with E-state index >= 15 is 0 Å². The third-order valence-electron chi connectivity index (χ3n) is 3.34. The van der Waals surface area contributed by atoms with E-state index in [4.69, 9.17) is 4.74 Å². The lowest BCUT2D eigenvalue weighted by atomic mass is 10.3. The predicted octanol–water partition coefficient (Wildman–Crippen LogP) is 3.76. The molecule has 7 heteroatoms. The zero-order valence-corrected chi connectivity index (χ0v) is 14.1. The summed E-state index contributed by atoms with van der Waals surface area (Å²) in [5, 5.41) is 8.89. The van der Waals surface area contributed by atoms with Gasteiger partial charge in [-0.2, -0.15) is 5.10 Å². The number of amides is 1. The van der Waals surface area contributed by atoms with Gasteiger partial charge in [0.1, 0.15) is 24.0 Å². The van der Waals surface area contributed by atoms with Crippen LogP contribution in [0, 0.1) is 12.7 Å². The third-order valence-corrected chi connectivity index (χ3v) is 4.32. The van der Waals surface area contributed by atoms with Crippen molar-refractivity contribution < 1.29 is 13.9 Å². The molecule has 3 rings (SSSR count). The van der Waals surface area contributed by atoms with Crippen molar-refractivity contribution in [2.45, 2.75) is 13.5 Å². The van der Waals surface area contributed by atoms with Crippen LogP contribution in [0.4, 0.5) is 10.2 Å². The van der Waals surface area contributed by atoms with Gasteiger partial charge in [0, 0.05) is 18.7 Å². The first-order valence-electron chi connectivity index (χ1n) is 7.29. The monoisotopic (exact) mass is 345 g/mol. The lowest BCUT2D eigenvalue weighted by Crippen LogP contribution is -2.13. The van der Waals surface area contributed by atoms with Crippen LogP contribution in [0.5, 0.6) is 5.75 Å². The molecule has 2 aromatic heterocycles. The largest absolute Gasteiger partial charge is 0.489 e. The summed E-state index contributed by atoms with van der Waals surface area (Å²) >= 11 is 1.35. The van der Waals surface area contributed by atoms with Gasteiger partial charge in [0.25, 0.3) is 5.91 Å². The first kappa shape index (κ1) is 16.2. The maximum absolute atomic E-state index is 12.8. The van der Waals surface area contributed by atoms with Gasteiger partial charge in [0.05, 0.1) is 10.6 Å². The zero-order chi connectivity index (χ0) is 17.1. The van der Waals surface area contributed by atoms with E-state index < -0.39 is 0 Å². The zero-order valence-electron chi connectivity index (χ0n) is 13.2. The van der Waals surface area contributed by atoms with Crippen LogP contribution in [0.1, 0.15) is 20.9 Å². The number of ether oxygens (including phenoxy) is 1. The van der Waals surface area contributed by atoms with Crippen LogP contribution in [-0.4, -0.2) is 15.7 Å². The number of hydrogen-bond acceptors (Lipinski definition) is 4. The van der Waals surface area contributed by atoms with Crippen LogP contribution in [0.3, 0.4) is 0 Å². The Labute approximate surface area is 142 Å². The van der Waals surface area contributed by atoms with Crippen molar-refractivity contribution >= 4 is 23.1 Å². The van der Waals surface area contributed by atoms with Crippen molar-refractivity contribution in [2.75, 3.05) is 5.32 Å². The standard InChI is InChI=1S/C17H16FN3O2S/c1-11-7-16(21(2)20-11)19-17(22)15-8-12(10-24-15)9-23-14-5-3-13(18)4-6-14/h3-8,10H,9H2,1-2H3,(H,19,22). The molecule has 0 saturated heterocycles. The molecule has 1 aromatic carbocycles. The number of aryl methyl sites for hydroxylation is 2. The molecule has 0 unspecified atom stereocenters. The van der Waals surface area contributed by atoms with Gasteiger partial charge in [-0.25, -0.2) is 4.39 Å². The molecular weight excluding hydrogens is 329 g/mol. The molecule has 124 valence electrons. The van der Waals surface area contributed by atoms with E-state index in [1.54, 1.807) is 29.9 Å². The Morgan fingerprint density at radius 1 is 1.33 bits per heavy atom. The second-order valence-corrected chi connectivity index (χ2v) is 6.22. The predicted molar refractivity (Wildman–Crippen MR) is 90.9 cm³/mol. The second-order valence-electron chi connectivity index (χ2n) is 5.31. The Kier molecular flexibility index (Phi) is 4.61. The molecule has 5 nitrogen and oxygen atoms in total. The van der Waals surface area contributed by atoms with Gasteiger partial charge in [-0.3, -0.25) is 9.48 Å². The molecule has 0 spiro atoms. The number of thiophene rings is 1. The molecule has 2 heterocycles. The number of nitrogens with one attached hydrogen (secondary N) is 1. The Bertz CT molecular complexity index is 855. The summed E-state index contributed by atoms with van der Waals surface area (Å²) in [7, 11) is 1.78. The van der Waals surface area contributed by atoms with Crippen LogP contribution < -0.4 is 10.1 Å². The minimum absolute atomic E-state index is 0.184. The topological polar surface area (TPSA) is 56.1 Å². The van der Waals surface area contributed by atoms with Gasteiger partial charge >= 0.3 is 0 Å². The summed E-state index contributed by atoms with van der Waals surface area (Å²) in [4.78, 5) is 12.9. The molecule has 0 aliphatic heterocycles. The Morgan fingerprint density at radius 2 is 2.08 bits per heavy atom. The Balaban J connectivity index is 1.61. The lowest BCUT2D eigenvalue weighted by Gasteiger charge is -2.04. The van der Waals surface area contributed by atoms with Crippen molar-refractivity contribution in [3.05, 3.63) is 63.7 Å². The molecule has 0 fully saturated rings. The van der Waals surface area contributed by atoms with E-state index in [-0.39, 0.29) is 11.7 Å². The normalized spacial score (nSPS) is 10.6. The van der Waals surface area contributed by atoms with E-state index in [9.17, 15) is 9.18 Å². The van der Waals surface area contributed by atoms with Gasteiger partial charge in [0.2, 0.25) is 0 Å². The van der Waals surface area contributed by atoms with E-state index in [1.165, 1.54) is 23.5 Å². The van der Waals surface area contributed by atoms with Gasteiger partial charge < -0.3 is 10.1 Å². The van der Waals surface area contributed by atoms with Crippen LogP contribution in [0.25, 0.3) is 0 Å². The van der Waals surface area contributed by atoms with Crippen LogP contribution in [0.15, 0.2) is 41.8 Å². The Morgan fingerprint density at radius 3 is 2.75 bits per heavy atom. The summed E-state index contributed by atoms with van der Waals surface area (Å²) in [6.07, 6.45) is 0. The molecule has 0 atom stereocenters. The fraction of sp³-hybridized carbons (Fsp3) is 0.176. The molecule has 0 aliphatic carbocycles. The molecule has 3 aromatic rings. The van der Waals surface area contributed by atoms with Crippen LogP contribution in [0.2, 0.25) is 0 Å². The number of anilines is 1. The number of nitrogens with zero attached hydrogens (tertiary/aromatic N) is 2. The quantitative estimate of drug-likeness (QED) is 0.766. The average Bonchev–Trinajstić information content (AvgIpc) is 3.14. The summed E-state index contributed by atoms with van der Waals surface area (Å²) in [5.41, 5.74) is 1.73. The number of rotatable bonds is 5. The van der Waals surface area contributed by atoms with E-state index in [0.717, 1.165) is 11.3 Å². The maximum Gasteiger partial charge on any atom is 0.266 e. The summed E-state index contributed by atoms with van der Waals surface area (Å²) in [5.74, 6) is 0.743.